The predicted molar refractivity (Wildman–Crippen MR) is 78.4 cm³/mol. The lowest BCUT2D eigenvalue weighted by molar-refractivity contribution is -0.905. The number of ether oxygens (including phenoxy) is 1. The van der Waals surface area contributed by atoms with E-state index >= 15 is 0 Å². The number of hydrogen-bond acceptors (Lipinski definition) is 2. The molecule has 118 valence electrons. The van der Waals surface area contributed by atoms with E-state index < -0.39 is 0 Å². The summed E-state index contributed by atoms with van der Waals surface area (Å²) in [6, 6.07) is 0. The van der Waals surface area contributed by atoms with Gasteiger partial charge in [-0.1, -0.05) is 24.3 Å². The maximum atomic E-state index is 12.0. The number of hydrogen-bond donors (Lipinski definition) is 1. The summed E-state index contributed by atoms with van der Waals surface area (Å²) >= 11 is 0. The molecule has 1 saturated carbocycles. The Balaban J connectivity index is 0.00000161. The zero-order valence-electron chi connectivity index (χ0n) is 12.6. The number of carbonyl (C=O) groups excluding carboxylic acids is 1. The van der Waals surface area contributed by atoms with Gasteiger partial charge in [0.1, 0.15) is 0 Å². The highest BCUT2D eigenvalue weighted by atomic mass is 35.5. The SMILES string of the molecule is O=C(OCCC[NH+]1CCCCC1)C1C2C=CC=CCC21.[Cl-]. The molecule has 2 fully saturated rings. The molecule has 0 bridgehead atoms. The van der Waals surface area contributed by atoms with Crippen molar-refractivity contribution < 1.29 is 26.8 Å². The van der Waals surface area contributed by atoms with Crippen LogP contribution in [0.3, 0.4) is 0 Å². The third kappa shape index (κ3) is 4.33. The molecule has 1 aliphatic heterocycles. The number of likely N-dealkylation sites (tertiary alicyclic amines) is 1. The van der Waals surface area contributed by atoms with Crippen LogP contribution in [0, 0.1) is 17.8 Å². The first kappa shape index (κ1) is 16.6. The summed E-state index contributed by atoms with van der Waals surface area (Å²) in [7, 11) is 0. The molecule has 3 atom stereocenters. The fourth-order valence-corrected chi connectivity index (χ4v) is 3.70. The quantitative estimate of drug-likeness (QED) is 0.488. The Hall–Kier alpha value is -0.800. The van der Waals surface area contributed by atoms with Crippen molar-refractivity contribution in [2.75, 3.05) is 26.2 Å². The molecular weight excluding hydrogens is 286 g/mol. The van der Waals surface area contributed by atoms with Crippen molar-refractivity contribution in [3.8, 4) is 0 Å². The highest BCUT2D eigenvalue weighted by Gasteiger charge is 2.53. The molecule has 0 aromatic carbocycles. The minimum atomic E-state index is 0. The summed E-state index contributed by atoms with van der Waals surface area (Å²) in [6.07, 6.45) is 14.6. The lowest BCUT2D eigenvalue weighted by atomic mass is 10.1. The van der Waals surface area contributed by atoms with Crippen molar-refractivity contribution >= 4 is 5.97 Å². The van der Waals surface area contributed by atoms with Crippen LogP contribution in [0.25, 0.3) is 0 Å². The van der Waals surface area contributed by atoms with E-state index in [0.29, 0.717) is 18.4 Å². The van der Waals surface area contributed by atoms with Gasteiger partial charge in [-0.3, -0.25) is 4.79 Å². The lowest BCUT2D eigenvalue weighted by Gasteiger charge is -2.23. The number of carbonyl (C=O) groups is 1. The Morgan fingerprint density at radius 3 is 2.81 bits per heavy atom. The molecule has 0 aromatic heterocycles. The summed E-state index contributed by atoms with van der Waals surface area (Å²) in [4.78, 5) is 13.7. The largest absolute Gasteiger partial charge is 1.00 e. The number of quaternary nitrogens is 1. The van der Waals surface area contributed by atoms with Crippen LogP contribution >= 0.6 is 0 Å². The first-order chi connectivity index (χ1) is 9.86. The molecule has 4 heteroatoms. The summed E-state index contributed by atoms with van der Waals surface area (Å²) < 4.78 is 5.48. The standard InChI is InChI=1S/C17H25NO2.ClH/c19-17(16-14-8-3-1-4-9-15(14)16)20-13-7-12-18-10-5-2-6-11-18;/h1,3-4,8,14-16H,2,5-7,9-13H2;1H. The molecule has 1 heterocycles. The Morgan fingerprint density at radius 2 is 2.00 bits per heavy atom. The molecular formula is C17H26ClNO2. The van der Waals surface area contributed by atoms with Crippen molar-refractivity contribution in [3.63, 3.8) is 0 Å². The van der Waals surface area contributed by atoms with Gasteiger partial charge in [0.15, 0.2) is 0 Å². The average molecular weight is 312 g/mol. The molecule has 21 heavy (non-hydrogen) atoms. The summed E-state index contributed by atoms with van der Waals surface area (Å²) in [5.74, 6) is 1.11. The minimum absolute atomic E-state index is 0. The third-order valence-electron chi connectivity index (χ3n) is 4.97. The molecule has 3 nitrogen and oxygen atoms in total. The molecule has 1 saturated heterocycles. The van der Waals surface area contributed by atoms with Crippen LogP contribution in [0.4, 0.5) is 0 Å². The fraction of sp³-hybridized carbons (Fsp3) is 0.706. The van der Waals surface area contributed by atoms with Crippen LogP contribution in [0.2, 0.25) is 0 Å². The number of allylic oxidation sites excluding steroid dienone is 4. The van der Waals surface area contributed by atoms with Crippen LogP contribution in [0.15, 0.2) is 24.3 Å². The number of nitrogens with one attached hydrogen (secondary N) is 1. The summed E-state index contributed by atoms with van der Waals surface area (Å²) in [5.41, 5.74) is 0. The maximum absolute atomic E-state index is 12.0. The van der Waals surface area contributed by atoms with Gasteiger partial charge in [0.05, 0.1) is 32.2 Å². The third-order valence-corrected chi connectivity index (χ3v) is 4.97. The van der Waals surface area contributed by atoms with E-state index in [-0.39, 0.29) is 24.3 Å². The van der Waals surface area contributed by atoms with Gasteiger partial charge in [0.2, 0.25) is 0 Å². The van der Waals surface area contributed by atoms with Gasteiger partial charge < -0.3 is 22.0 Å². The van der Waals surface area contributed by atoms with Gasteiger partial charge in [-0.25, -0.2) is 0 Å². The Kier molecular flexibility index (Phi) is 6.31. The fourth-order valence-electron chi connectivity index (χ4n) is 3.70. The first-order valence-electron chi connectivity index (χ1n) is 8.20. The van der Waals surface area contributed by atoms with Crippen molar-refractivity contribution in [1.29, 1.82) is 0 Å². The number of esters is 1. The summed E-state index contributed by atoms with van der Waals surface area (Å²) in [5, 5.41) is 0. The lowest BCUT2D eigenvalue weighted by Crippen LogP contribution is -3.12. The number of rotatable bonds is 5. The molecule has 3 aliphatic rings. The van der Waals surface area contributed by atoms with E-state index in [0.717, 1.165) is 19.4 Å². The van der Waals surface area contributed by atoms with Crippen LogP contribution in [-0.4, -0.2) is 32.2 Å². The number of piperidine rings is 1. The first-order valence-corrected chi connectivity index (χ1v) is 8.20. The van der Waals surface area contributed by atoms with Gasteiger partial charge in [0, 0.05) is 6.42 Å². The van der Waals surface area contributed by atoms with Crippen LogP contribution in [-0.2, 0) is 9.53 Å². The van der Waals surface area contributed by atoms with Gasteiger partial charge in [-0.2, -0.15) is 0 Å². The van der Waals surface area contributed by atoms with E-state index in [4.69, 9.17) is 4.74 Å². The Bertz CT molecular complexity index is 402. The van der Waals surface area contributed by atoms with Crippen LogP contribution < -0.4 is 17.3 Å². The summed E-state index contributed by atoms with van der Waals surface area (Å²) in [6.45, 7) is 4.38. The van der Waals surface area contributed by atoms with Gasteiger partial charge in [-0.15, -0.1) is 0 Å². The molecule has 1 N–H and O–H groups in total. The molecule has 3 rings (SSSR count). The topological polar surface area (TPSA) is 30.7 Å². The molecule has 2 aliphatic carbocycles. The van der Waals surface area contributed by atoms with E-state index in [2.05, 4.69) is 24.3 Å². The predicted octanol–water partition coefficient (Wildman–Crippen LogP) is -1.63. The molecule has 3 unspecified atom stereocenters. The minimum Gasteiger partial charge on any atom is -1.00 e. The smallest absolute Gasteiger partial charge is 0.309 e. The number of halogens is 1. The monoisotopic (exact) mass is 311 g/mol. The second-order valence-electron chi connectivity index (χ2n) is 6.40. The molecule has 0 aromatic rings. The van der Waals surface area contributed by atoms with Crippen molar-refractivity contribution in [2.45, 2.75) is 32.1 Å². The van der Waals surface area contributed by atoms with Crippen molar-refractivity contribution in [2.24, 2.45) is 17.8 Å². The molecule has 0 spiro atoms. The Morgan fingerprint density at radius 1 is 1.19 bits per heavy atom. The van der Waals surface area contributed by atoms with Crippen molar-refractivity contribution in [1.82, 2.24) is 0 Å². The van der Waals surface area contributed by atoms with Crippen LogP contribution in [0.1, 0.15) is 32.1 Å². The van der Waals surface area contributed by atoms with Gasteiger partial charge in [-0.05, 0) is 37.5 Å². The second-order valence-corrected chi connectivity index (χ2v) is 6.40. The van der Waals surface area contributed by atoms with Crippen molar-refractivity contribution in [3.05, 3.63) is 24.3 Å². The highest BCUT2D eigenvalue weighted by Crippen LogP contribution is 2.51. The van der Waals surface area contributed by atoms with E-state index in [1.54, 1.807) is 4.90 Å². The normalized spacial score (nSPS) is 31.0. The zero-order valence-corrected chi connectivity index (χ0v) is 13.4. The highest BCUT2D eigenvalue weighted by molar-refractivity contribution is 5.77. The molecule has 0 amide bonds. The van der Waals surface area contributed by atoms with Gasteiger partial charge >= 0.3 is 5.97 Å². The Labute approximate surface area is 133 Å². The number of fused-ring (bicyclic) bond motifs is 1. The maximum Gasteiger partial charge on any atom is 0.309 e. The van der Waals surface area contributed by atoms with E-state index in [9.17, 15) is 4.79 Å². The van der Waals surface area contributed by atoms with E-state index in [1.807, 2.05) is 0 Å². The van der Waals surface area contributed by atoms with Gasteiger partial charge in [0.25, 0.3) is 0 Å². The second kappa shape index (κ2) is 8.00. The average Bonchev–Trinajstić information content (AvgIpc) is 3.19. The van der Waals surface area contributed by atoms with E-state index in [1.165, 1.54) is 32.4 Å². The zero-order chi connectivity index (χ0) is 13.8. The molecule has 0 radical (unpaired) electrons. The van der Waals surface area contributed by atoms with Crippen LogP contribution in [0.5, 0.6) is 0 Å².